The Morgan fingerprint density at radius 1 is 1.21 bits per heavy atom. The monoisotopic (exact) mass is 282 g/mol. The first-order chi connectivity index (χ1) is 8.65. The summed E-state index contributed by atoms with van der Waals surface area (Å²) >= 11 is 0. The molecule has 0 rings (SSSR count). The fourth-order valence-electron chi connectivity index (χ4n) is 1.28. The summed E-state index contributed by atoms with van der Waals surface area (Å²) in [4.78, 5) is 22.2. The third kappa shape index (κ3) is 9.09. The maximum absolute atomic E-state index is 11.1. The molecule has 0 bridgehead atoms. The average molecular weight is 282 g/mol. The summed E-state index contributed by atoms with van der Waals surface area (Å²) < 4.78 is 10.3. The van der Waals surface area contributed by atoms with E-state index in [0.29, 0.717) is 6.42 Å². The molecule has 0 aromatic heterocycles. The second kappa shape index (κ2) is 7.80. The van der Waals surface area contributed by atoms with E-state index >= 15 is 0 Å². The number of carbonyl (C=O) groups excluding carboxylic acids is 2. The van der Waals surface area contributed by atoms with E-state index < -0.39 is 32.2 Å². The third-order valence-electron chi connectivity index (χ3n) is 1.94. The zero-order chi connectivity index (χ0) is 15.1. The van der Waals surface area contributed by atoms with Crippen LogP contribution >= 0.6 is 0 Å². The highest BCUT2D eigenvalue weighted by atomic mass is 28.3. The summed E-state index contributed by atoms with van der Waals surface area (Å²) in [5.41, 5.74) is 3.13. The number of hydrogen-bond acceptors (Lipinski definition) is 4. The Balaban J connectivity index is 5.14. The van der Waals surface area contributed by atoms with Crippen LogP contribution in [0.3, 0.4) is 0 Å². The minimum Gasteiger partial charge on any atom is -0.457 e. The predicted molar refractivity (Wildman–Crippen MR) is 77.0 cm³/mol. The summed E-state index contributed by atoms with van der Waals surface area (Å²) in [6.07, 6.45) is 0.645. The fourth-order valence-corrected chi connectivity index (χ4v) is 1.85. The Hall–Kier alpha value is -1.54. The van der Waals surface area contributed by atoms with Gasteiger partial charge in [-0.1, -0.05) is 31.6 Å². The molecule has 2 atom stereocenters. The Bertz CT molecular complexity index is 398. The molecule has 0 aliphatic carbocycles. The van der Waals surface area contributed by atoms with Gasteiger partial charge in [0.1, 0.15) is 8.07 Å². The van der Waals surface area contributed by atoms with Crippen molar-refractivity contribution in [3.05, 3.63) is 12.7 Å². The van der Waals surface area contributed by atoms with Gasteiger partial charge >= 0.3 is 11.9 Å². The van der Waals surface area contributed by atoms with Gasteiger partial charge in [-0.25, -0.2) is 0 Å². The Kier molecular flexibility index (Phi) is 7.16. The SMILES string of the molecule is C=CC[C@H](OC(C)=O)[C@H](C#C[Si](C)(C)C)OC(C)=O. The topological polar surface area (TPSA) is 52.6 Å². The van der Waals surface area contributed by atoms with Crippen molar-refractivity contribution in [1.29, 1.82) is 0 Å². The van der Waals surface area contributed by atoms with E-state index in [9.17, 15) is 9.59 Å². The molecule has 4 nitrogen and oxygen atoms in total. The van der Waals surface area contributed by atoms with E-state index in [4.69, 9.17) is 9.47 Å². The van der Waals surface area contributed by atoms with Crippen LogP contribution in [0.2, 0.25) is 19.6 Å². The van der Waals surface area contributed by atoms with Crippen molar-refractivity contribution in [2.24, 2.45) is 0 Å². The number of hydrogen-bond donors (Lipinski definition) is 0. The Labute approximate surface area is 116 Å². The molecule has 0 unspecified atom stereocenters. The van der Waals surface area contributed by atoms with Crippen LogP contribution in [0, 0.1) is 11.5 Å². The first-order valence-electron chi connectivity index (χ1n) is 6.13. The third-order valence-corrected chi connectivity index (χ3v) is 2.83. The lowest BCUT2D eigenvalue weighted by atomic mass is 10.1. The molecular weight excluding hydrogens is 260 g/mol. The highest BCUT2D eigenvalue weighted by molar-refractivity contribution is 6.83. The van der Waals surface area contributed by atoms with Gasteiger partial charge in [0.25, 0.3) is 0 Å². The van der Waals surface area contributed by atoms with Crippen LogP contribution in [0.5, 0.6) is 0 Å². The van der Waals surface area contributed by atoms with Crippen LogP contribution in [0.25, 0.3) is 0 Å². The van der Waals surface area contributed by atoms with Gasteiger partial charge in [0.15, 0.2) is 12.2 Å². The lowest BCUT2D eigenvalue weighted by Crippen LogP contribution is -2.33. The van der Waals surface area contributed by atoms with Gasteiger partial charge in [0.2, 0.25) is 0 Å². The van der Waals surface area contributed by atoms with Crippen LogP contribution in [0.4, 0.5) is 0 Å². The zero-order valence-electron chi connectivity index (χ0n) is 12.3. The maximum Gasteiger partial charge on any atom is 0.304 e. The zero-order valence-corrected chi connectivity index (χ0v) is 13.3. The molecule has 0 heterocycles. The Morgan fingerprint density at radius 3 is 2.11 bits per heavy atom. The van der Waals surface area contributed by atoms with Crippen LogP contribution in [-0.4, -0.2) is 32.2 Å². The molecule has 0 saturated heterocycles. The predicted octanol–water partition coefficient (Wildman–Crippen LogP) is 2.31. The van der Waals surface area contributed by atoms with Gasteiger partial charge in [-0.3, -0.25) is 9.59 Å². The maximum atomic E-state index is 11.1. The summed E-state index contributed by atoms with van der Waals surface area (Å²) in [5.74, 6) is 2.05. The average Bonchev–Trinajstić information content (AvgIpc) is 2.21. The molecule has 0 N–H and O–H groups in total. The molecule has 106 valence electrons. The fraction of sp³-hybridized carbons (Fsp3) is 0.571. The van der Waals surface area contributed by atoms with E-state index in [2.05, 4.69) is 37.7 Å². The molecule has 0 radical (unpaired) electrons. The molecule has 0 aromatic carbocycles. The molecule has 0 aliphatic heterocycles. The van der Waals surface area contributed by atoms with Crippen molar-refractivity contribution in [1.82, 2.24) is 0 Å². The highest BCUT2D eigenvalue weighted by Gasteiger charge is 2.25. The molecule has 0 amide bonds. The van der Waals surface area contributed by atoms with E-state index in [1.807, 2.05) is 0 Å². The van der Waals surface area contributed by atoms with Crippen molar-refractivity contribution < 1.29 is 19.1 Å². The van der Waals surface area contributed by atoms with Crippen LogP contribution in [0.15, 0.2) is 12.7 Å². The number of ether oxygens (including phenoxy) is 2. The van der Waals surface area contributed by atoms with Crippen molar-refractivity contribution in [3.8, 4) is 11.5 Å². The second-order valence-corrected chi connectivity index (χ2v) is 9.97. The molecular formula is C14H22O4Si. The van der Waals surface area contributed by atoms with Crippen molar-refractivity contribution in [3.63, 3.8) is 0 Å². The van der Waals surface area contributed by atoms with Crippen LogP contribution in [-0.2, 0) is 19.1 Å². The van der Waals surface area contributed by atoms with Gasteiger partial charge in [-0.15, -0.1) is 12.1 Å². The molecule has 0 spiro atoms. The van der Waals surface area contributed by atoms with E-state index in [0.717, 1.165) is 0 Å². The number of carbonyl (C=O) groups is 2. The van der Waals surface area contributed by atoms with Crippen LogP contribution < -0.4 is 0 Å². The van der Waals surface area contributed by atoms with E-state index in [1.165, 1.54) is 13.8 Å². The quantitative estimate of drug-likeness (QED) is 0.336. The largest absolute Gasteiger partial charge is 0.457 e. The van der Waals surface area contributed by atoms with Crippen molar-refractivity contribution >= 4 is 20.0 Å². The smallest absolute Gasteiger partial charge is 0.304 e. The Morgan fingerprint density at radius 2 is 1.74 bits per heavy atom. The molecule has 0 aromatic rings. The number of esters is 2. The molecule has 5 heteroatoms. The lowest BCUT2D eigenvalue weighted by molar-refractivity contribution is -0.160. The minimum atomic E-state index is -1.60. The van der Waals surface area contributed by atoms with Gasteiger partial charge < -0.3 is 9.47 Å². The molecule has 0 saturated carbocycles. The number of rotatable bonds is 5. The van der Waals surface area contributed by atoms with E-state index in [-0.39, 0.29) is 0 Å². The normalized spacial score (nSPS) is 13.5. The second-order valence-electron chi connectivity index (χ2n) is 5.22. The lowest BCUT2D eigenvalue weighted by Gasteiger charge is -2.21. The first-order valence-corrected chi connectivity index (χ1v) is 9.63. The van der Waals surface area contributed by atoms with Gasteiger partial charge in [0.05, 0.1) is 0 Å². The van der Waals surface area contributed by atoms with Crippen LogP contribution in [0.1, 0.15) is 20.3 Å². The summed E-state index contributed by atoms with van der Waals surface area (Å²) in [7, 11) is -1.60. The highest BCUT2D eigenvalue weighted by Crippen LogP contribution is 2.11. The van der Waals surface area contributed by atoms with Gasteiger partial charge in [-0.05, 0) is 0 Å². The molecule has 0 fully saturated rings. The van der Waals surface area contributed by atoms with Gasteiger partial charge in [0, 0.05) is 20.3 Å². The summed E-state index contributed by atoms with van der Waals surface area (Å²) in [5, 5.41) is 0. The molecule has 19 heavy (non-hydrogen) atoms. The first kappa shape index (κ1) is 17.5. The van der Waals surface area contributed by atoms with Crippen molar-refractivity contribution in [2.45, 2.75) is 52.1 Å². The summed E-state index contributed by atoms with van der Waals surface area (Å²) in [6.45, 7) is 12.5. The van der Waals surface area contributed by atoms with Crippen molar-refractivity contribution in [2.75, 3.05) is 0 Å². The van der Waals surface area contributed by atoms with E-state index in [1.54, 1.807) is 6.08 Å². The standard InChI is InChI=1S/C14H22O4Si/c1-7-8-13(17-11(2)15)14(18-12(3)16)9-10-19(4,5)6/h7,13-14H,1,8H2,2-6H3/t13-,14-/m0/s1. The summed E-state index contributed by atoms with van der Waals surface area (Å²) in [6, 6.07) is 0. The molecule has 0 aliphatic rings. The van der Waals surface area contributed by atoms with Gasteiger partial charge in [-0.2, -0.15) is 0 Å². The minimum absolute atomic E-state index is 0.387.